The highest BCUT2D eigenvalue weighted by Crippen LogP contribution is 2.32. The Bertz CT molecular complexity index is 750. The van der Waals surface area contributed by atoms with Crippen molar-refractivity contribution in [1.29, 1.82) is 0 Å². The first-order valence-electron chi connectivity index (χ1n) is 9.81. The molecule has 0 aliphatic carbocycles. The molecule has 0 N–H and O–H groups in total. The van der Waals surface area contributed by atoms with Crippen molar-refractivity contribution in [1.82, 2.24) is 4.90 Å². The summed E-state index contributed by atoms with van der Waals surface area (Å²) in [4.78, 5) is 5.21. The second-order valence-electron chi connectivity index (χ2n) is 8.03. The lowest BCUT2D eigenvalue weighted by Gasteiger charge is -2.36. The molecule has 0 radical (unpaired) electrons. The molecule has 2 aliphatic rings. The number of hydrogen-bond acceptors (Lipinski definition) is 2. The normalized spacial score (nSPS) is 18.3. The van der Waals surface area contributed by atoms with Crippen molar-refractivity contribution >= 4 is 5.69 Å². The molecular formula is C23H30N2. The highest BCUT2D eigenvalue weighted by atomic mass is 15.2. The van der Waals surface area contributed by atoms with Gasteiger partial charge in [-0.2, -0.15) is 0 Å². The van der Waals surface area contributed by atoms with Crippen LogP contribution in [-0.2, 0) is 25.9 Å². The minimum Gasteiger partial charge on any atom is -0.368 e. The maximum atomic E-state index is 2.63. The number of para-hydroxylation sites is 1. The topological polar surface area (TPSA) is 6.48 Å². The number of rotatable bonds is 4. The molecule has 25 heavy (non-hydrogen) atoms. The van der Waals surface area contributed by atoms with Crippen LogP contribution in [0.3, 0.4) is 0 Å². The molecule has 2 aromatic rings. The number of benzene rings is 2. The maximum Gasteiger partial charge on any atom is 0.0401 e. The number of nitrogens with zero attached hydrogens (tertiary/aromatic N) is 2. The third kappa shape index (κ3) is 3.20. The van der Waals surface area contributed by atoms with E-state index in [1.807, 2.05) is 0 Å². The summed E-state index contributed by atoms with van der Waals surface area (Å²) in [6.45, 7) is 10.4. The van der Waals surface area contributed by atoms with E-state index in [-0.39, 0.29) is 0 Å². The van der Waals surface area contributed by atoms with Gasteiger partial charge in [-0.1, -0.05) is 36.4 Å². The molecule has 2 nitrogen and oxygen atoms in total. The summed E-state index contributed by atoms with van der Waals surface area (Å²) in [7, 11) is 0. The van der Waals surface area contributed by atoms with Crippen molar-refractivity contribution in [3.8, 4) is 0 Å². The second-order valence-corrected chi connectivity index (χ2v) is 8.03. The molecule has 2 aliphatic heterocycles. The van der Waals surface area contributed by atoms with Crippen molar-refractivity contribution in [3.63, 3.8) is 0 Å². The molecule has 4 rings (SSSR count). The van der Waals surface area contributed by atoms with Crippen LogP contribution in [0.4, 0.5) is 5.69 Å². The van der Waals surface area contributed by atoms with Crippen LogP contribution in [0.1, 0.15) is 49.4 Å². The van der Waals surface area contributed by atoms with Crippen molar-refractivity contribution < 1.29 is 0 Å². The number of anilines is 1. The van der Waals surface area contributed by atoms with Crippen LogP contribution in [0.25, 0.3) is 0 Å². The molecule has 0 saturated carbocycles. The molecule has 2 heterocycles. The zero-order valence-electron chi connectivity index (χ0n) is 15.8. The van der Waals surface area contributed by atoms with Gasteiger partial charge < -0.3 is 4.90 Å². The van der Waals surface area contributed by atoms with Gasteiger partial charge in [-0.3, -0.25) is 4.90 Å². The summed E-state index contributed by atoms with van der Waals surface area (Å²) in [6, 6.07) is 17.1. The number of aryl methyl sites for hydroxylation is 1. The van der Waals surface area contributed by atoms with Gasteiger partial charge in [0.1, 0.15) is 0 Å². The van der Waals surface area contributed by atoms with E-state index < -0.39 is 0 Å². The van der Waals surface area contributed by atoms with Gasteiger partial charge in [-0.15, -0.1) is 0 Å². The quantitative estimate of drug-likeness (QED) is 0.793. The predicted molar refractivity (Wildman–Crippen MR) is 106 cm³/mol. The Morgan fingerprint density at radius 1 is 0.920 bits per heavy atom. The fourth-order valence-corrected chi connectivity index (χ4v) is 4.52. The van der Waals surface area contributed by atoms with Crippen LogP contribution in [-0.4, -0.2) is 23.5 Å². The third-order valence-corrected chi connectivity index (χ3v) is 6.03. The molecule has 0 saturated heterocycles. The fraction of sp³-hybridized carbons (Fsp3) is 0.478. The van der Waals surface area contributed by atoms with Crippen molar-refractivity contribution in [2.24, 2.45) is 0 Å². The van der Waals surface area contributed by atoms with E-state index in [0.717, 1.165) is 19.5 Å². The minimum absolute atomic E-state index is 0.543. The lowest BCUT2D eigenvalue weighted by Crippen LogP contribution is -2.38. The molecule has 0 spiro atoms. The maximum absolute atomic E-state index is 2.63. The van der Waals surface area contributed by atoms with Gasteiger partial charge in [0, 0.05) is 37.4 Å². The van der Waals surface area contributed by atoms with Gasteiger partial charge in [0.05, 0.1) is 0 Å². The molecule has 132 valence electrons. The first-order chi connectivity index (χ1) is 12.1. The molecule has 2 heteroatoms. The third-order valence-electron chi connectivity index (χ3n) is 6.03. The molecule has 1 atom stereocenters. The lowest BCUT2D eigenvalue weighted by atomic mass is 9.95. The van der Waals surface area contributed by atoms with Gasteiger partial charge >= 0.3 is 0 Å². The number of fused-ring (bicyclic) bond motifs is 2. The molecule has 0 fully saturated rings. The smallest absolute Gasteiger partial charge is 0.0401 e. The monoisotopic (exact) mass is 334 g/mol. The average Bonchev–Trinajstić information content (AvgIpc) is 3.07. The van der Waals surface area contributed by atoms with E-state index in [1.54, 1.807) is 11.1 Å². The Hall–Kier alpha value is -1.80. The van der Waals surface area contributed by atoms with E-state index in [1.165, 1.54) is 36.2 Å². The van der Waals surface area contributed by atoms with E-state index in [9.17, 15) is 0 Å². The summed E-state index contributed by atoms with van der Waals surface area (Å²) in [5.74, 6) is 0. The standard InChI is InChI=1S/C23H30N2/c1-17(2)24-15-21-10-6-9-20(22(21)16-24)14-18(3)25-13-7-11-19-8-4-5-12-23(19)25/h4-6,8-10,12,17-18H,7,11,13-16H2,1-3H3. The van der Waals surface area contributed by atoms with Gasteiger partial charge in [-0.05, 0) is 68.4 Å². The van der Waals surface area contributed by atoms with E-state index in [0.29, 0.717) is 12.1 Å². The lowest BCUT2D eigenvalue weighted by molar-refractivity contribution is 0.227. The molecule has 0 amide bonds. The SMILES string of the molecule is CC(C)N1Cc2cccc(CC(C)N3CCCc4ccccc43)c2C1. The second kappa shape index (κ2) is 6.84. The van der Waals surface area contributed by atoms with Crippen molar-refractivity contribution in [2.75, 3.05) is 11.4 Å². The van der Waals surface area contributed by atoms with Gasteiger partial charge in [0.2, 0.25) is 0 Å². The van der Waals surface area contributed by atoms with Crippen LogP contribution in [0, 0.1) is 0 Å². The first kappa shape index (κ1) is 16.7. The van der Waals surface area contributed by atoms with E-state index >= 15 is 0 Å². The highest BCUT2D eigenvalue weighted by molar-refractivity contribution is 5.56. The van der Waals surface area contributed by atoms with Crippen molar-refractivity contribution in [3.05, 3.63) is 64.7 Å². The number of hydrogen-bond donors (Lipinski definition) is 0. The average molecular weight is 335 g/mol. The van der Waals surface area contributed by atoms with Crippen LogP contribution in [0.5, 0.6) is 0 Å². The van der Waals surface area contributed by atoms with Crippen LogP contribution in [0.15, 0.2) is 42.5 Å². The Morgan fingerprint density at radius 2 is 1.72 bits per heavy atom. The van der Waals surface area contributed by atoms with Crippen LogP contribution >= 0.6 is 0 Å². The van der Waals surface area contributed by atoms with E-state index in [4.69, 9.17) is 0 Å². The zero-order chi connectivity index (χ0) is 17.4. The first-order valence-corrected chi connectivity index (χ1v) is 9.81. The minimum atomic E-state index is 0.543. The zero-order valence-corrected chi connectivity index (χ0v) is 15.8. The van der Waals surface area contributed by atoms with Gasteiger partial charge in [0.25, 0.3) is 0 Å². The molecule has 1 unspecified atom stereocenters. The summed E-state index contributed by atoms with van der Waals surface area (Å²) in [5, 5.41) is 0. The molecule has 0 bridgehead atoms. The van der Waals surface area contributed by atoms with Crippen LogP contribution < -0.4 is 4.90 Å². The Labute approximate surface area is 152 Å². The Kier molecular flexibility index (Phi) is 4.56. The summed E-state index contributed by atoms with van der Waals surface area (Å²) >= 11 is 0. The van der Waals surface area contributed by atoms with E-state index in [2.05, 4.69) is 73.0 Å². The summed E-state index contributed by atoms with van der Waals surface area (Å²) in [5.41, 5.74) is 7.66. The summed E-state index contributed by atoms with van der Waals surface area (Å²) < 4.78 is 0. The predicted octanol–water partition coefficient (Wildman–Crippen LogP) is 4.79. The fourth-order valence-electron chi connectivity index (χ4n) is 4.52. The Morgan fingerprint density at radius 3 is 2.56 bits per heavy atom. The van der Waals surface area contributed by atoms with Gasteiger partial charge in [-0.25, -0.2) is 0 Å². The van der Waals surface area contributed by atoms with Crippen molar-refractivity contribution in [2.45, 2.75) is 65.2 Å². The Balaban J connectivity index is 1.56. The largest absolute Gasteiger partial charge is 0.368 e. The van der Waals surface area contributed by atoms with Gasteiger partial charge in [0.15, 0.2) is 0 Å². The highest BCUT2D eigenvalue weighted by Gasteiger charge is 2.26. The molecular weight excluding hydrogens is 304 g/mol. The molecule has 2 aromatic carbocycles. The van der Waals surface area contributed by atoms with Crippen LogP contribution in [0.2, 0.25) is 0 Å². The summed E-state index contributed by atoms with van der Waals surface area (Å²) in [6.07, 6.45) is 3.64. The molecule has 0 aromatic heterocycles.